The third kappa shape index (κ3) is 3.76. The first kappa shape index (κ1) is 20.3. The minimum Gasteiger partial charge on any atom is -0.507 e. The monoisotopic (exact) mass is 431 g/mol. The summed E-state index contributed by atoms with van der Waals surface area (Å²) in [6, 6.07) is 11.2. The SMILES string of the molecule is Cc1ccc(/C=C2\Oc3c(CN4CCN(c5ccccn5)CC4)c(O)cc(C)c3C2=O)o1. The number of piperazine rings is 1. The van der Waals surface area contributed by atoms with Gasteiger partial charge in [0.05, 0.1) is 11.1 Å². The van der Waals surface area contributed by atoms with Crippen LogP contribution >= 0.6 is 0 Å². The maximum absolute atomic E-state index is 13.0. The van der Waals surface area contributed by atoms with Crippen LogP contribution in [0.5, 0.6) is 11.5 Å². The van der Waals surface area contributed by atoms with E-state index >= 15 is 0 Å². The van der Waals surface area contributed by atoms with Gasteiger partial charge in [0.15, 0.2) is 5.76 Å². The Hall–Kier alpha value is -3.58. The van der Waals surface area contributed by atoms with E-state index in [1.165, 1.54) is 0 Å². The van der Waals surface area contributed by atoms with Gasteiger partial charge in [0.1, 0.15) is 28.8 Å². The highest BCUT2D eigenvalue weighted by atomic mass is 16.5. The Labute approximate surface area is 186 Å². The van der Waals surface area contributed by atoms with Crippen LogP contribution in [0, 0.1) is 13.8 Å². The van der Waals surface area contributed by atoms with Gasteiger partial charge < -0.3 is 19.2 Å². The zero-order valence-electron chi connectivity index (χ0n) is 18.2. The summed E-state index contributed by atoms with van der Waals surface area (Å²) in [6.45, 7) is 7.49. The highest BCUT2D eigenvalue weighted by molar-refractivity contribution is 6.15. The predicted octanol–water partition coefficient (Wildman–Crippen LogP) is 3.94. The van der Waals surface area contributed by atoms with Crippen molar-refractivity contribution in [2.45, 2.75) is 20.4 Å². The Morgan fingerprint density at radius 2 is 1.94 bits per heavy atom. The number of aryl methyl sites for hydroxylation is 2. The average Bonchev–Trinajstić information content (AvgIpc) is 3.35. The minimum atomic E-state index is -0.187. The van der Waals surface area contributed by atoms with E-state index < -0.39 is 0 Å². The molecule has 2 aromatic heterocycles. The second-order valence-electron chi connectivity index (χ2n) is 8.23. The van der Waals surface area contributed by atoms with Gasteiger partial charge in [0.25, 0.3) is 0 Å². The number of aromatic nitrogens is 1. The lowest BCUT2D eigenvalue weighted by molar-refractivity contribution is 0.101. The molecular formula is C25H25N3O4. The van der Waals surface area contributed by atoms with Crippen molar-refractivity contribution in [1.29, 1.82) is 0 Å². The minimum absolute atomic E-state index is 0.149. The molecule has 4 heterocycles. The average molecular weight is 431 g/mol. The van der Waals surface area contributed by atoms with Crippen LogP contribution in [0.4, 0.5) is 5.82 Å². The molecule has 0 bridgehead atoms. The number of hydrogen-bond donors (Lipinski definition) is 1. The summed E-state index contributed by atoms with van der Waals surface area (Å²) < 4.78 is 11.6. The number of allylic oxidation sites excluding steroid dienone is 1. The van der Waals surface area contributed by atoms with E-state index in [4.69, 9.17) is 9.15 Å². The molecule has 2 aliphatic heterocycles. The van der Waals surface area contributed by atoms with Gasteiger partial charge in [-0.25, -0.2) is 4.98 Å². The number of benzene rings is 1. The molecule has 0 amide bonds. The van der Waals surface area contributed by atoms with E-state index in [1.807, 2.05) is 38.1 Å². The quantitative estimate of drug-likeness (QED) is 0.627. The van der Waals surface area contributed by atoms with E-state index in [2.05, 4.69) is 14.8 Å². The van der Waals surface area contributed by atoms with Crippen molar-refractivity contribution in [2.75, 3.05) is 31.1 Å². The Bertz CT molecular complexity index is 1190. The molecule has 2 aliphatic rings. The predicted molar refractivity (Wildman–Crippen MR) is 121 cm³/mol. The first-order valence-electron chi connectivity index (χ1n) is 10.7. The van der Waals surface area contributed by atoms with Crippen LogP contribution in [0.2, 0.25) is 0 Å². The molecule has 0 spiro atoms. The van der Waals surface area contributed by atoms with Crippen LogP contribution in [0.25, 0.3) is 6.08 Å². The standard InChI is InChI=1S/C25H25N3O4/c1-16-13-20(29)19(15-27-9-11-28(12-10-27)22-5-3-4-8-26-22)25-23(16)24(30)21(32-25)14-18-7-6-17(2)31-18/h3-8,13-14,29H,9-12,15H2,1-2H3/b21-14-. The number of carbonyl (C=O) groups excluding carboxylic acids is 1. The van der Waals surface area contributed by atoms with E-state index in [0.29, 0.717) is 34.7 Å². The number of anilines is 1. The summed E-state index contributed by atoms with van der Waals surface area (Å²) >= 11 is 0. The lowest BCUT2D eigenvalue weighted by Gasteiger charge is -2.35. The Balaban J connectivity index is 1.37. The second kappa shape index (κ2) is 8.16. The number of carbonyl (C=O) groups is 1. The normalized spacial score (nSPS) is 17.6. The number of aromatic hydroxyl groups is 1. The molecule has 7 nitrogen and oxygen atoms in total. The van der Waals surface area contributed by atoms with E-state index in [9.17, 15) is 9.90 Å². The second-order valence-corrected chi connectivity index (χ2v) is 8.23. The van der Waals surface area contributed by atoms with Crippen molar-refractivity contribution >= 4 is 17.7 Å². The molecule has 3 aromatic rings. The van der Waals surface area contributed by atoms with Gasteiger partial charge in [-0.1, -0.05) is 6.07 Å². The van der Waals surface area contributed by atoms with Crippen LogP contribution in [-0.2, 0) is 6.54 Å². The van der Waals surface area contributed by atoms with E-state index in [-0.39, 0.29) is 17.3 Å². The summed E-state index contributed by atoms with van der Waals surface area (Å²) in [4.78, 5) is 22.0. The number of nitrogens with zero attached hydrogens (tertiary/aromatic N) is 3. The third-order valence-electron chi connectivity index (χ3n) is 5.98. The van der Waals surface area contributed by atoms with Crippen LogP contribution in [0.3, 0.4) is 0 Å². The lowest BCUT2D eigenvalue weighted by Crippen LogP contribution is -2.46. The fraction of sp³-hybridized carbons (Fsp3) is 0.280. The summed E-state index contributed by atoms with van der Waals surface area (Å²) in [5.41, 5.74) is 1.86. The zero-order chi connectivity index (χ0) is 22.2. The maximum Gasteiger partial charge on any atom is 0.232 e. The van der Waals surface area contributed by atoms with Gasteiger partial charge >= 0.3 is 0 Å². The number of phenols is 1. The number of rotatable bonds is 4. The summed E-state index contributed by atoms with van der Waals surface area (Å²) in [5, 5.41) is 10.7. The number of fused-ring (bicyclic) bond motifs is 1. The molecule has 1 N–H and O–H groups in total. The van der Waals surface area contributed by atoms with Crippen molar-refractivity contribution in [3.05, 3.63) is 76.6 Å². The largest absolute Gasteiger partial charge is 0.507 e. The Morgan fingerprint density at radius 1 is 1.12 bits per heavy atom. The molecular weight excluding hydrogens is 406 g/mol. The molecule has 7 heteroatoms. The van der Waals surface area contributed by atoms with Crippen molar-refractivity contribution in [2.24, 2.45) is 0 Å². The molecule has 1 fully saturated rings. The van der Waals surface area contributed by atoms with Crippen molar-refractivity contribution in [1.82, 2.24) is 9.88 Å². The van der Waals surface area contributed by atoms with Gasteiger partial charge in [-0.3, -0.25) is 9.69 Å². The summed E-state index contributed by atoms with van der Waals surface area (Å²) in [5.74, 6) is 2.93. The first-order valence-corrected chi connectivity index (χ1v) is 10.7. The van der Waals surface area contributed by atoms with Crippen LogP contribution in [0.15, 0.2) is 52.8 Å². The number of ether oxygens (including phenoxy) is 1. The molecule has 5 rings (SSSR count). The Morgan fingerprint density at radius 3 is 2.62 bits per heavy atom. The number of hydrogen-bond acceptors (Lipinski definition) is 7. The van der Waals surface area contributed by atoms with Crippen LogP contribution in [0.1, 0.15) is 33.0 Å². The first-order chi connectivity index (χ1) is 15.5. The smallest absolute Gasteiger partial charge is 0.232 e. The fourth-order valence-electron chi connectivity index (χ4n) is 4.29. The number of Topliss-reactive ketones (excluding diaryl/α,β-unsaturated/α-hetero) is 1. The molecule has 32 heavy (non-hydrogen) atoms. The highest BCUT2D eigenvalue weighted by Gasteiger charge is 2.34. The molecule has 0 radical (unpaired) electrons. The Kier molecular flexibility index (Phi) is 5.19. The lowest BCUT2D eigenvalue weighted by atomic mass is 9.99. The van der Waals surface area contributed by atoms with E-state index in [1.54, 1.807) is 24.4 Å². The molecule has 0 atom stereocenters. The molecule has 164 valence electrons. The number of phenolic OH excluding ortho intramolecular Hbond substituents is 1. The zero-order valence-corrected chi connectivity index (χ0v) is 18.2. The number of ketones is 1. The van der Waals surface area contributed by atoms with Gasteiger partial charge in [0.2, 0.25) is 5.78 Å². The molecule has 1 aromatic carbocycles. The fourth-order valence-corrected chi connectivity index (χ4v) is 4.29. The highest BCUT2D eigenvalue weighted by Crippen LogP contribution is 2.42. The topological polar surface area (TPSA) is 79.0 Å². The van der Waals surface area contributed by atoms with Gasteiger partial charge in [0, 0.05) is 45.0 Å². The maximum atomic E-state index is 13.0. The van der Waals surface area contributed by atoms with Gasteiger partial charge in [-0.05, 0) is 49.7 Å². The number of furan rings is 1. The summed E-state index contributed by atoms with van der Waals surface area (Å²) in [6.07, 6.45) is 3.42. The van der Waals surface area contributed by atoms with E-state index in [0.717, 1.165) is 37.8 Å². The third-order valence-corrected chi connectivity index (χ3v) is 5.98. The van der Waals surface area contributed by atoms with Gasteiger partial charge in [-0.15, -0.1) is 0 Å². The summed E-state index contributed by atoms with van der Waals surface area (Å²) in [7, 11) is 0. The molecule has 0 unspecified atom stereocenters. The number of pyridine rings is 1. The van der Waals surface area contributed by atoms with Crippen LogP contribution in [-0.4, -0.2) is 47.0 Å². The molecule has 1 saturated heterocycles. The van der Waals surface area contributed by atoms with Crippen molar-refractivity contribution < 1.29 is 19.1 Å². The van der Waals surface area contributed by atoms with Crippen molar-refractivity contribution in [3.63, 3.8) is 0 Å². The van der Waals surface area contributed by atoms with Crippen LogP contribution < -0.4 is 9.64 Å². The molecule has 0 aliphatic carbocycles. The molecule has 0 saturated carbocycles. The van der Waals surface area contributed by atoms with Crippen molar-refractivity contribution in [3.8, 4) is 11.5 Å². The van der Waals surface area contributed by atoms with Gasteiger partial charge in [-0.2, -0.15) is 0 Å².